The molecule has 9 aromatic carbocycles. The van der Waals surface area contributed by atoms with Crippen LogP contribution in [-0.4, -0.2) is 0 Å². The minimum Gasteiger partial charge on any atom is -0.455 e. The van der Waals surface area contributed by atoms with E-state index in [1.165, 1.54) is 65.3 Å². The van der Waals surface area contributed by atoms with E-state index in [1.54, 1.807) is 0 Å². The Bertz CT molecular complexity index is 2780. The summed E-state index contributed by atoms with van der Waals surface area (Å²) in [5.41, 5.74) is 9.04. The lowest BCUT2D eigenvalue weighted by atomic mass is 9.83. The van der Waals surface area contributed by atoms with Gasteiger partial charge in [0.2, 0.25) is 0 Å². The highest BCUT2D eigenvalue weighted by Gasteiger charge is 2.22. The van der Waals surface area contributed by atoms with Gasteiger partial charge < -0.3 is 4.42 Å². The molecule has 0 aliphatic heterocycles. The maximum absolute atomic E-state index is 6.70. The maximum Gasteiger partial charge on any atom is 0.143 e. The van der Waals surface area contributed by atoms with Crippen molar-refractivity contribution in [3.63, 3.8) is 0 Å². The van der Waals surface area contributed by atoms with Crippen molar-refractivity contribution in [2.24, 2.45) is 0 Å². The molecule has 1 aromatic heterocycles. The van der Waals surface area contributed by atoms with Gasteiger partial charge in [-0.3, -0.25) is 0 Å². The van der Waals surface area contributed by atoms with Crippen molar-refractivity contribution >= 4 is 65.0 Å². The summed E-state index contributed by atoms with van der Waals surface area (Å²) in [7, 11) is 0. The third kappa shape index (κ3) is 3.84. The molecular formula is C46H28O. The summed E-state index contributed by atoms with van der Waals surface area (Å²) in [4.78, 5) is 0. The largest absolute Gasteiger partial charge is 0.455 e. The first-order valence-electron chi connectivity index (χ1n) is 16.2. The van der Waals surface area contributed by atoms with Gasteiger partial charge in [-0.1, -0.05) is 158 Å². The molecule has 0 amide bonds. The van der Waals surface area contributed by atoms with Crippen LogP contribution in [0.25, 0.3) is 98.4 Å². The summed E-state index contributed by atoms with van der Waals surface area (Å²) in [5.74, 6) is 0. The smallest absolute Gasteiger partial charge is 0.143 e. The number of para-hydroxylation sites is 1. The second-order valence-electron chi connectivity index (χ2n) is 12.4. The lowest BCUT2D eigenvalue weighted by Gasteiger charge is -2.20. The molecule has 47 heavy (non-hydrogen) atoms. The maximum atomic E-state index is 6.70. The van der Waals surface area contributed by atoms with E-state index in [0.29, 0.717) is 0 Å². The predicted octanol–water partition coefficient (Wildman–Crippen LogP) is 13.2. The summed E-state index contributed by atoms with van der Waals surface area (Å²) in [5, 5.41) is 12.3. The number of rotatable bonds is 3. The molecule has 0 atom stereocenters. The van der Waals surface area contributed by atoms with E-state index < -0.39 is 0 Å². The van der Waals surface area contributed by atoms with Crippen LogP contribution in [0.1, 0.15) is 0 Å². The Labute approximate surface area is 271 Å². The normalized spacial score (nSPS) is 11.8. The standard InChI is InChI=1S/C46H28O/c1-2-13-29(14-3-1)32-27-28-41(45-40-21-10-11-24-42(40)47-46(32)45)44-38-19-8-6-17-36(38)43(37-18-7-9-20-39(37)44)35-23-12-22-33-31-16-5-4-15-30(31)25-26-34(33)35/h1-28H. The molecule has 0 fully saturated rings. The zero-order chi connectivity index (χ0) is 30.9. The highest BCUT2D eigenvalue weighted by Crippen LogP contribution is 2.49. The van der Waals surface area contributed by atoms with Crippen LogP contribution in [0.3, 0.4) is 0 Å². The Balaban J connectivity index is 1.35. The number of fused-ring (bicyclic) bond motifs is 8. The molecule has 218 valence electrons. The molecule has 0 aliphatic carbocycles. The fourth-order valence-electron chi connectivity index (χ4n) is 7.85. The van der Waals surface area contributed by atoms with Gasteiger partial charge in [-0.25, -0.2) is 0 Å². The average molecular weight is 597 g/mol. The average Bonchev–Trinajstić information content (AvgIpc) is 3.54. The van der Waals surface area contributed by atoms with E-state index in [9.17, 15) is 0 Å². The van der Waals surface area contributed by atoms with Gasteiger partial charge in [0.1, 0.15) is 11.2 Å². The van der Waals surface area contributed by atoms with Gasteiger partial charge in [-0.05, 0) is 83.0 Å². The van der Waals surface area contributed by atoms with E-state index in [2.05, 4.69) is 170 Å². The van der Waals surface area contributed by atoms with Gasteiger partial charge in [0.25, 0.3) is 0 Å². The van der Waals surface area contributed by atoms with Gasteiger partial charge >= 0.3 is 0 Å². The fraction of sp³-hybridized carbons (Fsp3) is 0. The first-order valence-corrected chi connectivity index (χ1v) is 16.2. The Morgan fingerprint density at radius 2 is 0.851 bits per heavy atom. The first kappa shape index (κ1) is 26.1. The van der Waals surface area contributed by atoms with Crippen molar-refractivity contribution in [2.75, 3.05) is 0 Å². The predicted molar refractivity (Wildman–Crippen MR) is 200 cm³/mol. The zero-order valence-electron chi connectivity index (χ0n) is 25.6. The third-order valence-electron chi connectivity index (χ3n) is 9.87. The van der Waals surface area contributed by atoms with E-state index >= 15 is 0 Å². The topological polar surface area (TPSA) is 13.1 Å². The van der Waals surface area contributed by atoms with Crippen LogP contribution in [0.5, 0.6) is 0 Å². The van der Waals surface area contributed by atoms with Gasteiger partial charge in [0.05, 0.1) is 0 Å². The highest BCUT2D eigenvalue weighted by molar-refractivity contribution is 6.28. The number of hydrogen-bond donors (Lipinski definition) is 0. The second kappa shape index (κ2) is 10.2. The fourth-order valence-corrected chi connectivity index (χ4v) is 7.85. The molecule has 10 aromatic rings. The van der Waals surface area contributed by atoms with E-state index in [0.717, 1.165) is 33.1 Å². The number of benzene rings is 9. The van der Waals surface area contributed by atoms with Gasteiger partial charge in [0.15, 0.2) is 0 Å². The Morgan fingerprint density at radius 3 is 1.57 bits per heavy atom. The zero-order valence-corrected chi connectivity index (χ0v) is 25.6. The minimum absolute atomic E-state index is 0.903. The van der Waals surface area contributed by atoms with Crippen LogP contribution in [0.2, 0.25) is 0 Å². The van der Waals surface area contributed by atoms with Crippen LogP contribution < -0.4 is 0 Å². The molecule has 0 aliphatic rings. The lowest BCUT2D eigenvalue weighted by molar-refractivity contribution is 0.670. The summed E-state index contributed by atoms with van der Waals surface area (Å²) in [6.45, 7) is 0. The van der Waals surface area contributed by atoms with Crippen molar-refractivity contribution in [3.05, 3.63) is 170 Å². The first-order chi connectivity index (χ1) is 23.3. The molecule has 0 radical (unpaired) electrons. The van der Waals surface area contributed by atoms with Crippen LogP contribution in [0, 0.1) is 0 Å². The van der Waals surface area contributed by atoms with Crippen LogP contribution in [0.4, 0.5) is 0 Å². The van der Waals surface area contributed by atoms with Crippen LogP contribution in [0.15, 0.2) is 174 Å². The monoisotopic (exact) mass is 596 g/mol. The quantitative estimate of drug-likeness (QED) is 0.146. The summed E-state index contributed by atoms with van der Waals surface area (Å²) >= 11 is 0. The summed E-state index contributed by atoms with van der Waals surface area (Å²) in [6, 6.07) is 61.4. The molecule has 10 rings (SSSR count). The highest BCUT2D eigenvalue weighted by atomic mass is 16.3. The SMILES string of the molecule is c1ccc(-c2ccc(-c3c4ccccc4c(-c4cccc5c4ccc4ccccc45)c4ccccc34)c3c2oc2ccccc23)cc1. The summed E-state index contributed by atoms with van der Waals surface area (Å²) < 4.78 is 6.70. The van der Waals surface area contributed by atoms with Gasteiger partial charge in [-0.15, -0.1) is 0 Å². The van der Waals surface area contributed by atoms with Gasteiger partial charge in [0, 0.05) is 16.3 Å². The molecule has 1 heterocycles. The lowest BCUT2D eigenvalue weighted by Crippen LogP contribution is -1.92. The van der Waals surface area contributed by atoms with Crippen molar-refractivity contribution in [1.29, 1.82) is 0 Å². The number of hydrogen-bond acceptors (Lipinski definition) is 1. The molecule has 0 saturated heterocycles. The van der Waals surface area contributed by atoms with E-state index in [-0.39, 0.29) is 0 Å². The molecule has 0 saturated carbocycles. The minimum atomic E-state index is 0.903. The Kier molecular flexibility index (Phi) is 5.64. The molecule has 0 unspecified atom stereocenters. The van der Waals surface area contributed by atoms with Crippen molar-refractivity contribution < 1.29 is 4.42 Å². The molecule has 0 spiro atoms. The van der Waals surface area contributed by atoms with Crippen LogP contribution >= 0.6 is 0 Å². The summed E-state index contributed by atoms with van der Waals surface area (Å²) in [6.07, 6.45) is 0. The molecule has 0 bridgehead atoms. The molecular weight excluding hydrogens is 569 g/mol. The van der Waals surface area contributed by atoms with E-state index in [4.69, 9.17) is 4.42 Å². The van der Waals surface area contributed by atoms with E-state index in [1.807, 2.05) is 0 Å². The molecule has 0 N–H and O–H groups in total. The van der Waals surface area contributed by atoms with Crippen molar-refractivity contribution in [1.82, 2.24) is 0 Å². The molecule has 1 heteroatoms. The second-order valence-corrected chi connectivity index (χ2v) is 12.4. The Hall–Kier alpha value is -6.18. The molecule has 1 nitrogen and oxygen atoms in total. The number of furan rings is 1. The third-order valence-corrected chi connectivity index (χ3v) is 9.87. The van der Waals surface area contributed by atoms with Crippen molar-refractivity contribution in [3.8, 4) is 33.4 Å². The Morgan fingerprint density at radius 1 is 0.298 bits per heavy atom. The van der Waals surface area contributed by atoms with Crippen LogP contribution in [-0.2, 0) is 0 Å². The van der Waals surface area contributed by atoms with Crippen molar-refractivity contribution in [2.45, 2.75) is 0 Å². The van der Waals surface area contributed by atoms with Gasteiger partial charge in [-0.2, -0.15) is 0 Å².